The fraction of sp³-hybridized carbons (Fsp3) is 0.571. The minimum atomic E-state index is 0.125. The van der Waals surface area contributed by atoms with Crippen LogP contribution < -0.4 is 0 Å². The van der Waals surface area contributed by atoms with Gasteiger partial charge in [0.1, 0.15) is 0 Å². The molecular formula is C14H20O. The van der Waals surface area contributed by atoms with Gasteiger partial charge in [0, 0.05) is 18.1 Å². The average Bonchev–Trinajstić information content (AvgIpc) is 2.15. The number of hydrogen-bond donors (Lipinski definition) is 0. The number of rotatable bonds is 2. The molecule has 1 heteroatoms. The number of hydrogen-bond acceptors (Lipinski definition) is 1. The first kappa shape index (κ1) is 12.0. The molecule has 1 fully saturated rings. The van der Waals surface area contributed by atoms with E-state index in [1.807, 2.05) is 6.92 Å². The summed E-state index contributed by atoms with van der Waals surface area (Å²) in [5.41, 5.74) is 5.56. The van der Waals surface area contributed by atoms with Crippen LogP contribution in [-0.2, 0) is 4.79 Å². The van der Waals surface area contributed by atoms with Crippen LogP contribution in [0.25, 0.3) is 0 Å². The zero-order chi connectivity index (χ0) is 11.5. The molecule has 0 atom stereocenters. The van der Waals surface area contributed by atoms with Crippen LogP contribution in [0.2, 0.25) is 0 Å². The first-order chi connectivity index (χ1) is 6.97. The number of carbonyl (C=O) groups is 1. The second-order valence-corrected chi connectivity index (χ2v) is 4.82. The van der Waals surface area contributed by atoms with E-state index in [0.717, 1.165) is 24.0 Å². The summed E-state index contributed by atoms with van der Waals surface area (Å²) in [5.74, 6) is 0.136. The van der Waals surface area contributed by atoms with Crippen LogP contribution in [0.1, 0.15) is 46.5 Å². The van der Waals surface area contributed by atoms with Crippen molar-refractivity contribution in [2.75, 3.05) is 0 Å². The molecular weight excluding hydrogens is 184 g/mol. The van der Waals surface area contributed by atoms with E-state index in [0.29, 0.717) is 6.42 Å². The van der Waals surface area contributed by atoms with Gasteiger partial charge in [0.15, 0.2) is 5.78 Å². The predicted molar refractivity (Wildman–Crippen MR) is 63.7 cm³/mol. The van der Waals surface area contributed by atoms with Crippen molar-refractivity contribution < 1.29 is 4.79 Å². The van der Waals surface area contributed by atoms with E-state index in [9.17, 15) is 4.79 Å². The number of allylic oxidation sites excluding steroid dienone is 2. The molecule has 0 aromatic carbocycles. The molecule has 82 valence electrons. The lowest BCUT2D eigenvalue weighted by Crippen LogP contribution is -2.20. The van der Waals surface area contributed by atoms with Gasteiger partial charge in [-0.25, -0.2) is 0 Å². The summed E-state index contributed by atoms with van der Waals surface area (Å²) in [6.07, 6.45) is 5.52. The lowest BCUT2D eigenvalue weighted by molar-refractivity contribution is -0.114. The Hall–Kier alpha value is -1.07. The molecule has 0 heterocycles. The molecule has 0 aromatic heterocycles. The fourth-order valence-electron chi connectivity index (χ4n) is 2.02. The van der Waals surface area contributed by atoms with Crippen molar-refractivity contribution in [2.24, 2.45) is 5.41 Å². The molecule has 0 saturated heterocycles. The Balaban J connectivity index is 3.03. The summed E-state index contributed by atoms with van der Waals surface area (Å²) in [7, 11) is 0. The SMILES string of the molecule is C=C1CCCC(C)(C)C1=C=CC(=O)CC. The Morgan fingerprint density at radius 2 is 2.27 bits per heavy atom. The maximum atomic E-state index is 11.2. The third-order valence-electron chi connectivity index (χ3n) is 3.04. The summed E-state index contributed by atoms with van der Waals surface area (Å²) in [6, 6.07) is 0. The van der Waals surface area contributed by atoms with Crippen LogP contribution in [0.15, 0.2) is 29.5 Å². The van der Waals surface area contributed by atoms with Crippen LogP contribution in [0.3, 0.4) is 0 Å². The molecule has 1 aliphatic rings. The first-order valence-corrected chi connectivity index (χ1v) is 5.65. The van der Waals surface area contributed by atoms with Crippen molar-refractivity contribution in [2.45, 2.75) is 46.5 Å². The molecule has 15 heavy (non-hydrogen) atoms. The van der Waals surface area contributed by atoms with Gasteiger partial charge in [0.2, 0.25) is 0 Å². The molecule has 1 saturated carbocycles. The van der Waals surface area contributed by atoms with Gasteiger partial charge in [-0.15, -0.1) is 5.73 Å². The first-order valence-electron chi connectivity index (χ1n) is 5.65. The maximum Gasteiger partial charge on any atom is 0.163 e. The standard InChI is InChI=1S/C14H20O/c1-5-12(15)8-9-13-11(2)7-6-10-14(13,3)4/h8H,2,5-7,10H2,1,3-4H3. The molecule has 0 unspecified atom stereocenters. The van der Waals surface area contributed by atoms with Gasteiger partial charge in [-0.05, 0) is 30.3 Å². The Morgan fingerprint density at radius 1 is 1.60 bits per heavy atom. The Morgan fingerprint density at radius 3 is 2.80 bits per heavy atom. The normalized spacial score (nSPS) is 19.7. The maximum absolute atomic E-state index is 11.2. The van der Waals surface area contributed by atoms with Crippen molar-refractivity contribution >= 4 is 5.78 Å². The molecule has 0 N–H and O–H groups in total. The monoisotopic (exact) mass is 204 g/mol. The Kier molecular flexibility index (Phi) is 3.71. The van der Waals surface area contributed by atoms with E-state index in [1.165, 1.54) is 6.42 Å². The van der Waals surface area contributed by atoms with Crippen molar-refractivity contribution in [1.82, 2.24) is 0 Å². The van der Waals surface area contributed by atoms with E-state index in [-0.39, 0.29) is 11.2 Å². The van der Waals surface area contributed by atoms with E-state index in [1.54, 1.807) is 6.08 Å². The van der Waals surface area contributed by atoms with Gasteiger partial charge in [-0.3, -0.25) is 4.79 Å². The summed E-state index contributed by atoms with van der Waals surface area (Å²) in [6.45, 7) is 10.3. The van der Waals surface area contributed by atoms with Crippen LogP contribution in [0, 0.1) is 5.41 Å². The molecule has 0 bridgehead atoms. The van der Waals surface area contributed by atoms with Gasteiger partial charge < -0.3 is 0 Å². The largest absolute Gasteiger partial charge is 0.294 e. The summed E-state index contributed by atoms with van der Waals surface area (Å²) in [4.78, 5) is 11.2. The van der Waals surface area contributed by atoms with Crippen molar-refractivity contribution in [3.8, 4) is 0 Å². The molecule has 1 nitrogen and oxygen atoms in total. The number of carbonyl (C=O) groups excluding carboxylic acids is 1. The molecule has 1 rings (SSSR count). The van der Waals surface area contributed by atoms with Gasteiger partial charge >= 0.3 is 0 Å². The van der Waals surface area contributed by atoms with Crippen molar-refractivity contribution in [3.63, 3.8) is 0 Å². The Bertz CT molecular complexity index is 338. The summed E-state index contributed by atoms with van der Waals surface area (Å²) in [5, 5.41) is 0. The van der Waals surface area contributed by atoms with Crippen molar-refractivity contribution in [3.05, 3.63) is 29.5 Å². The topological polar surface area (TPSA) is 17.1 Å². The van der Waals surface area contributed by atoms with E-state index in [2.05, 4.69) is 26.2 Å². The van der Waals surface area contributed by atoms with Gasteiger partial charge in [0.05, 0.1) is 0 Å². The fourth-order valence-corrected chi connectivity index (χ4v) is 2.02. The quantitative estimate of drug-likeness (QED) is 0.493. The number of ketones is 1. The van der Waals surface area contributed by atoms with E-state index >= 15 is 0 Å². The molecule has 0 radical (unpaired) electrons. The van der Waals surface area contributed by atoms with Crippen LogP contribution in [-0.4, -0.2) is 5.78 Å². The lowest BCUT2D eigenvalue weighted by Gasteiger charge is -2.32. The second kappa shape index (κ2) is 4.63. The zero-order valence-corrected chi connectivity index (χ0v) is 10.0. The molecule has 0 aliphatic heterocycles. The smallest absolute Gasteiger partial charge is 0.163 e. The average molecular weight is 204 g/mol. The zero-order valence-electron chi connectivity index (χ0n) is 10.0. The minimum absolute atomic E-state index is 0.125. The molecule has 0 spiro atoms. The summed E-state index contributed by atoms with van der Waals surface area (Å²) < 4.78 is 0. The highest BCUT2D eigenvalue weighted by Crippen LogP contribution is 2.41. The van der Waals surface area contributed by atoms with Gasteiger partial charge in [0.25, 0.3) is 0 Å². The highest BCUT2D eigenvalue weighted by molar-refractivity contribution is 5.89. The predicted octanol–water partition coefficient (Wildman–Crippen LogP) is 3.81. The molecule has 0 aromatic rings. The second-order valence-electron chi connectivity index (χ2n) is 4.82. The van der Waals surface area contributed by atoms with Crippen LogP contribution in [0.4, 0.5) is 0 Å². The van der Waals surface area contributed by atoms with Gasteiger partial charge in [-0.1, -0.05) is 27.4 Å². The highest BCUT2D eigenvalue weighted by Gasteiger charge is 2.28. The van der Waals surface area contributed by atoms with Crippen LogP contribution >= 0.6 is 0 Å². The van der Waals surface area contributed by atoms with Gasteiger partial charge in [-0.2, -0.15) is 0 Å². The third kappa shape index (κ3) is 2.94. The van der Waals surface area contributed by atoms with Crippen LogP contribution in [0.5, 0.6) is 0 Å². The van der Waals surface area contributed by atoms with E-state index < -0.39 is 0 Å². The third-order valence-corrected chi connectivity index (χ3v) is 3.04. The lowest BCUT2D eigenvalue weighted by atomic mass is 9.71. The highest BCUT2D eigenvalue weighted by atomic mass is 16.1. The Labute approximate surface area is 92.6 Å². The van der Waals surface area contributed by atoms with E-state index in [4.69, 9.17) is 0 Å². The van der Waals surface area contributed by atoms with Crippen molar-refractivity contribution in [1.29, 1.82) is 0 Å². The molecule has 0 amide bonds. The molecule has 1 aliphatic carbocycles. The summed E-state index contributed by atoms with van der Waals surface area (Å²) >= 11 is 0. The minimum Gasteiger partial charge on any atom is -0.294 e.